The van der Waals surface area contributed by atoms with Gasteiger partial charge < -0.3 is 34.3 Å². The average Bonchev–Trinajstić information content (AvgIpc) is 3.48. The first-order valence-electron chi connectivity index (χ1n) is 11.4. The Morgan fingerprint density at radius 3 is 2.70 bits per heavy atom. The van der Waals surface area contributed by atoms with Crippen LogP contribution in [0, 0.1) is 0 Å². The number of anilines is 3. The van der Waals surface area contributed by atoms with Crippen LogP contribution < -0.4 is 24.8 Å². The van der Waals surface area contributed by atoms with Gasteiger partial charge in [-0.05, 0) is 6.07 Å². The number of hydrogen-bond donors (Lipinski definition) is 1. The molecular formula is C23H24F3N7O4. The zero-order chi connectivity index (χ0) is 26.3. The molecule has 37 heavy (non-hydrogen) atoms. The Bertz CT molecular complexity index is 1330. The van der Waals surface area contributed by atoms with E-state index in [1.54, 1.807) is 27.5 Å². The molecule has 14 heteroatoms. The van der Waals surface area contributed by atoms with Crippen LogP contribution in [0.25, 0.3) is 0 Å². The van der Waals surface area contributed by atoms with Crippen LogP contribution >= 0.6 is 0 Å². The number of imidazole rings is 1. The molecule has 5 rings (SSSR count). The summed E-state index contributed by atoms with van der Waals surface area (Å²) in [6.07, 6.45) is -0.153. The Morgan fingerprint density at radius 2 is 2.00 bits per heavy atom. The van der Waals surface area contributed by atoms with Crippen molar-refractivity contribution in [3.63, 3.8) is 0 Å². The van der Waals surface area contributed by atoms with Crippen molar-refractivity contribution < 1.29 is 32.2 Å². The summed E-state index contributed by atoms with van der Waals surface area (Å²) in [5.74, 6) is 0.152. The van der Waals surface area contributed by atoms with E-state index >= 15 is 0 Å². The molecular weight excluding hydrogens is 495 g/mol. The molecule has 3 aromatic rings. The zero-order valence-corrected chi connectivity index (χ0v) is 20.0. The van der Waals surface area contributed by atoms with Gasteiger partial charge in [-0.2, -0.15) is 13.2 Å². The molecule has 1 unspecified atom stereocenters. The molecule has 0 aliphatic carbocycles. The number of amides is 1. The molecule has 2 aliphatic heterocycles. The van der Waals surface area contributed by atoms with Crippen LogP contribution in [0.2, 0.25) is 0 Å². The Labute approximate surface area is 209 Å². The smallest absolute Gasteiger partial charge is 0.421 e. The van der Waals surface area contributed by atoms with Crippen molar-refractivity contribution in [2.45, 2.75) is 18.7 Å². The normalized spacial score (nSPS) is 17.4. The van der Waals surface area contributed by atoms with E-state index < -0.39 is 17.6 Å². The van der Waals surface area contributed by atoms with Crippen molar-refractivity contribution in [2.24, 2.45) is 7.05 Å². The number of carbonyl (C=O) groups excluding carboxylic acids is 1. The lowest BCUT2D eigenvalue weighted by molar-refractivity contribution is -0.139. The number of nitrogens with zero attached hydrogens (tertiary/aromatic N) is 6. The highest BCUT2D eigenvalue weighted by Gasteiger charge is 2.37. The van der Waals surface area contributed by atoms with E-state index in [-0.39, 0.29) is 41.7 Å². The second kappa shape index (κ2) is 9.33. The van der Waals surface area contributed by atoms with Gasteiger partial charge in [0.25, 0.3) is 5.91 Å². The molecule has 1 atom stereocenters. The highest BCUT2D eigenvalue weighted by Crippen LogP contribution is 2.42. The van der Waals surface area contributed by atoms with E-state index in [4.69, 9.17) is 19.9 Å². The molecule has 0 radical (unpaired) electrons. The minimum absolute atomic E-state index is 0.189. The Kier molecular flexibility index (Phi) is 6.17. The monoisotopic (exact) mass is 519 g/mol. The number of nitrogen functional groups attached to an aromatic ring is 1. The van der Waals surface area contributed by atoms with Crippen molar-refractivity contribution >= 4 is 23.1 Å². The number of likely N-dealkylation sites (tertiary alicyclic amines) is 1. The number of alkyl halides is 3. The van der Waals surface area contributed by atoms with E-state index in [0.717, 1.165) is 13.2 Å². The van der Waals surface area contributed by atoms with Gasteiger partial charge in [-0.15, -0.1) is 0 Å². The van der Waals surface area contributed by atoms with Gasteiger partial charge in [0.05, 0.1) is 50.3 Å². The number of nitrogens with two attached hydrogens (primary N) is 1. The molecule has 0 bridgehead atoms. The van der Waals surface area contributed by atoms with Crippen LogP contribution in [0.4, 0.5) is 30.4 Å². The first-order valence-corrected chi connectivity index (χ1v) is 11.4. The van der Waals surface area contributed by atoms with Crippen LogP contribution in [0.5, 0.6) is 17.5 Å². The molecule has 0 spiro atoms. The van der Waals surface area contributed by atoms with Crippen molar-refractivity contribution in [3.8, 4) is 17.5 Å². The van der Waals surface area contributed by atoms with E-state index in [1.165, 1.54) is 18.7 Å². The summed E-state index contributed by atoms with van der Waals surface area (Å²) in [4.78, 5) is 28.3. The van der Waals surface area contributed by atoms with Gasteiger partial charge in [0, 0.05) is 26.1 Å². The van der Waals surface area contributed by atoms with Gasteiger partial charge in [-0.1, -0.05) is 0 Å². The summed E-state index contributed by atoms with van der Waals surface area (Å²) in [6.45, 7) is 1.31. The fourth-order valence-corrected chi connectivity index (χ4v) is 4.32. The van der Waals surface area contributed by atoms with E-state index in [1.807, 2.05) is 0 Å². The summed E-state index contributed by atoms with van der Waals surface area (Å²) < 4.78 is 58.7. The topological polar surface area (TPSA) is 121 Å². The predicted octanol–water partition coefficient (Wildman–Crippen LogP) is 2.64. The minimum atomic E-state index is -4.64. The van der Waals surface area contributed by atoms with Gasteiger partial charge in [0.1, 0.15) is 24.1 Å². The molecule has 1 amide bonds. The number of carbonyl (C=O) groups is 1. The molecule has 0 aromatic carbocycles. The van der Waals surface area contributed by atoms with Crippen molar-refractivity contribution in [1.29, 1.82) is 0 Å². The predicted molar refractivity (Wildman–Crippen MR) is 125 cm³/mol. The molecule has 2 N–H and O–H groups in total. The summed E-state index contributed by atoms with van der Waals surface area (Å²) >= 11 is 0. The minimum Gasteiger partial charge on any atom is -0.488 e. The standard InChI is InChI=1S/C23H24F3N7O4/c1-31-12-30-19(20(31)27)22(34)32-4-3-14(11-32)37-18-8-16-17(10-28-18)36-6-5-33(16)13-7-15(23(24,25)26)21(35-2)29-9-13/h7-10,12,14H,3-6,11,27H2,1-2H3. The molecule has 1 fully saturated rings. The maximum absolute atomic E-state index is 13.6. The largest absolute Gasteiger partial charge is 0.488 e. The van der Waals surface area contributed by atoms with Crippen LogP contribution in [0.15, 0.2) is 30.9 Å². The lowest BCUT2D eigenvalue weighted by atomic mass is 10.2. The number of methoxy groups -OCH3 is 1. The number of aryl methyl sites for hydroxylation is 1. The maximum atomic E-state index is 13.6. The molecule has 5 heterocycles. The number of fused-ring (bicyclic) bond motifs is 1. The summed E-state index contributed by atoms with van der Waals surface area (Å²) in [6, 6.07) is 2.60. The number of ether oxygens (including phenoxy) is 3. The SMILES string of the molecule is COc1ncc(N2CCOc3cnc(OC4CCN(C(=O)c5ncn(C)c5N)C4)cc32)cc1C(F)(F)F. The van der Waals surface area contributed by atoms with E-state index in [2.05, 4.69) is 15.0 Å². The van der Waals surface area contributed by atoms with Crippen LogP contribution in [0.3, 0.4) is 0 Å². The number of halogens is 3. The third-order valence-electron chi connectivity index (χ3n) is 6.24. The highest BCUT2D eigenvalue weighted by atomic mass is 19.4. The van der Waals surface area contributed by atoms with Crippen LogP contribution in [-0.4, -0.2) is 69.8 Å². The fraction of sp³-hybridized carbons (Fsp3) is 0.391. The van der Waals surface area contributed by atoms with E-state index in [0.29, 0.717) is 37.5 Å². The average molecular weight is 519 g/mol. The first kappa shape index (κ1) is 24.5. The lowest BCUT2D eigenvalue weighted by Crippen LogP contribution is -2.32. The molecule has 0 saturated carbocycles. The highest BCUT2D eigenvalue weighted by molar-refractivity contribution is 5.96. The summed E-state index contributed by atoms with van der Waals surface area (Å²) in [5, 5.41) is 0. The van der Waals surface area contributed by atoms with Crippen molar-refractivity contribution in [2.75, 3.05) is 44.0 Å². The Balaban J connectivity index is 1.35. The molecule has 2 aliphatic rings. The van der Waals surface area contributed by atoms with Crippen LogP contribution in [-0.2, 0) is 13.2 Å². The molecule has 3 aromatic heterocycles. The third kappa shape index (κ3) is 4.66. The number of aromatic nitrogens is 4. The Hall–Kier alpha value is -4.23. The lowest BCUT2D eigenvalue weighted by Gasteiger charge is -2.31. The van der Waals surface area contributed by atoms with Crippen molar-refractivity contribution in [3.05, 3.63) is 42.1 Å². The van der Waals surface area contributed by atoms with E-state index in [9.17, 15) is 18.0 Å². The van der Waals surface area contributed by atoms with Gasteiger partial charge in [-0.25, -0.2) is 15.0 Å². The van der Waals surface area contributed by atoms with Gasteiger partial charge in [-0.3, -0.25) is 4.79 Å². The van der Waals surface area contributed by atoms with Crippen LogP contribution in [0.1, 0.15) is 22.5 Å². The van der Waals surface area contributed by atoms with Gasteiger partial charge in [0.2, 0.25) is 11.8 Å². The van der Waals surface area contributed by atoms with Gasteiger partial charge >= 0.3 is 6.18 Å². The quantitative estimate of drug-likeness (QED) is 0.542. The fourth-order valence-electron chi connectivity index (χ4n) is 4.32. The molecule has 1 saturated heterocycles. The molecule has 196 valence electrons. The second-order valence-corrected chi connectivity index (χ2v) is 8.61. The maximum Gasteiger partial charge on any atom is 0.421 e. The number of pyridine rings is 2. The number of hydrogen-bond acceptors (Lipinski definition) is 9. The van der Waals surface area contributed by atoms with Gasteiger partial charge in [0.15, 0.2) is 11.4 Å². The Morgan fingerprint density at radius 1 is 1.19 bits per heavy atom. The summed E-state index contributed by atoms with van der Waals surface area (Å²) in [5.41, 5.74) is 5.85. The number of rotatable bonds is 5. The molecule has 11 nitrogen and oxygen atoms in total. The summed E-state index contributed by atoms with van der Waals surface area (Å²) in [7, 11) is 2.84. The van der Waals surface area contributed by atoms with Crippen molar-refractivity contribution in [1.82, 2.24) is 24.4 Å². The zero-order valence-electron chi connectivity index (χ0n) is 20.0. The third-order valence-corrected chi connectivity index (χ3v) is 6.24. The first-order chi connectivity index (χ1) is 17.7. The second-order valence-electron chi connectivity index (χ2n) is 8.61.